The van der Waals surface area contributed by atoms with Crippen molar-refractivity contribution in [2.75, 3.05) is 40.5 Å². The van der Waals surface area contributed by atoms with Gasteiger partial charge in [-0.2, -0.15) is 0 Å². The molecule has 1 aliphatic rings. The van der Waals surface area contributed by atoms with Crippen LogP contribution in [0.5, 0.6) is 5.75 Å². The van der Waals surface area contributed by atoms with Gasteiger partial charge in [-0.25, -0.2) is 0 Å². The van der Waals surface area contributed by atoms with Crippen LogP contribution in [-0.4, -0.2) is 52.1 Å². The molecule has 1 aromatic rings. The molecule has 0 unspecified atom stereocenters. The van der Waals surface area contributed by atoms with E-state index in [1.165, 1.54) is 12.0 Å². The Hall–Kier alpha value is -1.06. The fourth-order valence-electron chi connectivity index (χ4n) is 3.46. The molecule has 1 aliphatic heterocycles. The van der Waals surface area contributed by atoms with E-state index < -0.39 is 0 Å². The van der Waals surface area contributed by atoms with E-state index in [1.807, 2.05) is 0 Å². The third kappa shape index (κ3) is 8.98. The van der Waals surface area contributed by atoms with E-state index in [9.17, 15) is 0 Å². The topological polar surface area (TPSA) is 64.1 Å². The summed E-state index contributed by atoms with van der Waals surface area (Å²) < 4.78 is 17.4. The van der Waals surface area contributed by atoms with E-state index in [-0.39, 0.29) is 29.6 Å². The van der Waals surface area contributed by atoms with Crippen molar-refractivity contribution >= 4 is 29.9 Å². The van der Waals surface area contributed by atoms with Crippen molar-refractivity contribution in [1.29, 1.82) is 0 Å². The Balaban J connectivity index is 0.00000450. The summed E-state index contributed by atoms with van der Waals surface area (Å²) in [6, 6.07) is 6.36. The molecule has 172 valence electrons. The highest BCUT2D eigenvalue weighted by molar-refractivity contribution is 14.0. The van der Waals surface area contributed by atoms with Gasteiger partial charge >= 0.3 is 0 Å². The number of nitrogens with zero attached hydrogens (tertiary/aromatic N) is 1. The zero-order valence-electron chi connectivity index (χ0n) is 19.3. The summed E-state index contributed by atoms with van der Waals surface area (Å²) >= 11 is 0. The van der Waals surface area contributed by atoms with Crippen LogP contribution in [0.3, 0.4) is 0 Å². The number of nitrogens with one attached hydrogen (secondary N) is 2. The van der Waals surface area contributed by atoms with Crippen molar-refractivity contribution in [3.8, 4) is 5.75 Å². The minimum atomic E-state index is -0.190. The molecule has 0 bridgehead atoms. The van der Waals surface area contributed by atoms with Gasteiger partial charge in [-0.1, -0.05) is 26.0 Å². The van der Waals surface area contributed by atoms with Crippen molar-refractivity contribution in [2.24, 2.45) is 10.9 Å². The first kappa shape index (κ1) is 27.0. The number of guanidine groups is 1. The molecule has 2 rings (SSSR count). The van der Waals surface area contributed by atoms with Crippen LogP contribution < -0.4 is 15.4 Å². The van der Waals surface area contributed by atoms with Gasteiger partial charge in [0, 0.05) is 58.9 Å². The lowest BCUT2D eigenvalue weighted by molar-refractivity contribution is -0.0855. The standard InChI is InChI=1S/C23H39N3O3.HI/c1-18(2)7-6-12-29-21-15-19(3)8-9-20(21)16-25-22(24-4)26-17-23(27-5)10-13-28-14-11-23;/h8-9,15,18H,6-7,10-14,16-17H2,1-5H3,(H2,24,25,26);1H. The first-order valence-electron chi connectivity index (χ1n) is 10.8. The van der Waals surface area contributed by atoms with Gasteiger partial charge in [-0.3, -0.25) is 4.99 Å². The Morgan fingerprint density at radius 1 is 1.23 bits per heavy atom. The molecule has 2 N–H and O–H groups in total. The number of aryl methyl sites for hydroxylation is 1. The zero-order chi connectivity index (χ0) is 21.1. The maximum Gasteiger partial charge on any atom is 0.191 e. The highest BCUT2D eigenvalue weighted by Crippen LogP contribution is 2.24. The summed E-state index contributed by atoms with van der Waals surface area (Å²) in [7, 11) is 3.57. The number of hydrogen-bond acceptors (Lipinski definition) is 4. The minimum absolute atomic E-state index is 0. The van der Waals surface area contributed by atoms with Gasteiger partial charge < -0.3 is 24.8 Å². The van der Waals surface area contributed by atoms with Crippen LogP contribution in [0.4, 0.5) is 0 Å². The molecule has 7 heteroatoms. The number of hydrogen-bond donors (Lipinski definition) is 2. The van der Waals surface area contributed by atoms with Crippen molar-refractivity contribution < 1.29 is 14.2 Å². The maximum absolute atomic E-state index is 6.09. The van der Waals surface area contributed by atoms with Gasteiger partial charge in [0.05, 0.1) is 12.2 Å². The van der Waals surface area contributed by atoms with Gasteiger partial charge in [0.2, 0.25) is 0 Å². The second-order valence-electron chi connectivity index (χ2n) is 8.27. The average molecular weight is 533 g/mol. The summed E-state index contributed by atoms with van der Waals surface area (Å²) in [5.41, 5.74) is 2.15. The van der Waals surface area contributed by atoms with Crippen LogP contribution in [0, 0.1) is 12.8 Å². The molecular weight excluding hydrogens is 493 g/mol. The largest absolute Gasteiger partial charge is 0.493 e. The third-order valence-electron chi connectivity index (χ3n) is 5.49. The lowest BCUT2D eigenvalue weighted by atomic mass is 9.94. The SMILES string of the molecule is CN=C(NCc1ccc(C)cc1OCCCC(C)C)NCC1(OC)CCOCC1.I. The molecule has 6 nitrogen and oxygen atoms in total. The third-order valence-corrected chi connectivity index (χ3v) is 5.49. The van der Waals surface area contributed by atoms with E-state index in [0.717, 1.165) is 56.4 Å². The van der Waals surface area contributed by atoms with E-state index in [1.54, 1.807) is 14.2 Å². The Morgan fingerprint density at radius 2 is 1.97 bits per heavy atom. The maximum atomic E-state index is 6.09. The van der Waals surface area contributed by atoms with E-state index in [0.29, 0.717) is 19.0 Å². The smallest absolute Gasteiger partial charge is 0.191 e. The molecule has 0 spiro atoms. The molecule has 1 heterocycles. The summed E-state index contributed by atoms with van der Waals surface area (Å²) in [6.07, 6.45) is 4.03. The van der Waals surface area contributed by atoms with E-state index >= 15 is 0 Å². The van der Waals surface area contributed by atoms with E-state index in [4.69, 9.17) is 14.2 Å². The van der Waals surface area contributed by atoms with Gasteiger partial charge in [-0.05, 0) is 37.3 Å². The van der Waals surface area contributed by atoms with Crippen LogP contribution in [0.2, 0.25) is 0 Å². The molecule has 1 saturated heterocycles. The fourth-order valence-corrected chi connectivity index (χ4v) is 3.46. The number of ether oxygens (including phenoxy) is 3. The molecule has 1 fully saturated rings. The average Bonchev–Trinajstić information content (AvgIpc) is 2.73. The Bertz CT molecular complexity index is 647. The number of methoxy groups -OCH3 is 1. The molecule has 0 amide bonds. The van der Waals surface area contributed by atoms with Gasteiger partial charge in [0.25, 0.3) is 0 Å². The predicted octanol–water partition coefficient (Wildman–Crippen LogP) is 4.29. The predicted molar refractivity (Wildman–Crippen MR) is 134 cm³/mol. The number of benzene rings is 1. The van der Waals surface area contributed by atoms with Crippen LogP contribution in [0.25, 0.3) is 0 Å². The lowest BCUT2D eigenvalue weighted by Gasteiger charge is -2.36. The summed E-state index contributed by atoms with van der Waals surface area (Å²) in [5, 5.41) is 6.82. The Labute approximate surface area is 199 Å². The van der Waals surface area contributed by atoms with Gasteiger partial charge in [0.15, 0.2) is 5.96 Å². The zero-order valence-corrected chi connectivity index (χ0v) is 21.6. The normalized spacial score (nSPS) is 16.1. The Morgan fingerprint density at radius 3 is 2.60 bits per heavy atom. The minimum Gasteiger partial charge on any atom is -0.493 e. The van der Waals surface area contributed by atoms with Crippen molar-refractivity contribution in [2.45, 2.75) is 58.6 Å². The fraction of sp³-hybridized carbons (Fsp3) is 0.696. The first-order chi connectivity index (χ1) is 14.0. The van der Waals surface area contributed by atoms with E-state index in [2.05, 4.69) is 54.6 Å². The number of rotatable bonds is 10. The number of aliphatic imine (C=N–C) groups is 1. The molecule has 0 atom stereocenters. The Kier molecular flexibility index (Phi) is 12.7. The highest BCUT2D eigenvalue weighted by Gasteiger charge is 2.32. The highest BCUT2D eigenvalue weighted by atomic mass is 127. The molecule has 0 aromatic heterocycles. The molecule has 0 radical (unpaired) electrons. The van der Waals surface area contributed by atoms with Crippen molar-refractivity contribution in [3.05, 3.63) is 29.3 Å². The molecule has 0 aliphatic carbocycles. The molecular formula is C23H40IN3O3. The lowest BCUT2D eigenvalue weighted by Crippen LogP contribution is -2.50. The van der Waals surface area contributed by atoms with Crippen LogP contribution in [0.15, 0.2) is 23.2 Å². The quantitative estimate of drug-likeness (QED) is 0.203. The second-order valence-corrected chi connectivity index (χ2v) is 8.27. The van der Waals surface area contributed by atoms with Crippen molar-refractivity contribution in [1.82, 2.24) is 10.6 Å². The number of halogens is 1. The summed E-state index contributed by atoms with van der Waals surface area (Å²) in [6.45, 7) is 10.2. The monoisotopic (exact) mass is 533 g/mol. The molecule has 1 aromatic carbocycles. The van der Waals surface area contributed by atoms with Gasteiger partial charge in [0.1, 0.15) is 5.75 Å². The molecule has 0 saturated carbocycles. The summed E-state index contributed by atoms with van der Waals surface area (Å²) in [4.78, 5) is 4.36. The van der Waals surface area contributed by atoms with Crippen LogP contribution in [0.1, 0.15) is 50.7 Å². The van der Waals surface area contributed by atoms with Crippen LogP contribution in [-0.2, 0) is 16.0 Å². The summed E-state index contributed by atoms with van der Waals surface area (Å²) in [5.74, 6) is 2.42. The van der Waals surface area contributed by atoms with Gasteiger partial charge in [-0.15, -0.1) is 24.0 Å². The first-order valence-corrected chi connectivity index (χ1v) is 10.8. The van der Waals surface area contributed by atoms with Crippen molar-refractivity contribution in [3.63, 3.8) is 0 Å². The second kappa shape index (κ2) is 14.1. The van der Waals surface area contributed by atoms with Crippen LogP contribution >= 0.6 is 24.0 Å². The molecule has 30 heavy (non-hydrogen) atoms.